The number of carbonyl (C=O) groups excluding carboxylic acids is 1. The van der Waals surface area contributed by atoms with E-state index < -0.39 is 17.7 Å². The topological polar surface area (TPSA) is 55.6 Å². The molecule has 0 aromatic heterocycles. The number of amides is 1. The third kappa shape index (κ3) is 3.94. The zero-order valence-electron chi connectivity index (χ0n) is 12.9. The van der Waals surface area contributed by atoms with Crippen LogP contribution in [0.5, 0.6) is 5.75 Å². The number of nitrogens with zero attached hydrogens (tertiary/aromatic N) is 1. The van der Waals surface area contributed by atoms with Crippen LogP contribution in [-0.4, -0.2) is 36.0 Å². The van der Waals surface area contributed by atoms with Crippen LogP contribution in [0.1, 0.15) is 26.7 Å². The molecule has 0 aliphatic carbocycles. The maximum absolute atomic E-state index is 13.7. The van der Waals surface area contributed by atoms with Gasteiger partial charge in [-0.25, -0.2) is 8.78 Å². The Morgan fingerprint density at radius 3 is 2.50 bits per heavy atom. The first-order valence-electron chi connectivity index (χ1n) is 7.54. The van der Waals surface area contributed by atoms with Crippen molar-refractivity contribution in [3.05, 3.63) is 29.8 Å². The molecule has 2 rings (SSSR count). The standard InChI is InChI=1S/C16H22F2N2O2/c1-10(2)15(16(21)20-7-5-12(19)6-8-20)22-14-4-3-11(17)9-13(14)18/h3-4,9-10,12,15H,5-8,19H2,1-2H3/t15-/m1/s1. The van der Waals surface area contributed by atoms with E-state index in [1.165, 1.54) is 6.07 Å². The van der Waals surface area contributed by atoms with Gasteiger partial charge in [0.1, 0.15) is 5.82 Å². The quantitative estimate of drug-likeness (QED) is 0.928. The molecule has 4 nitrogen and oxygen atoms in total. The van der Waals surface area contributed by atoms with E-state index >= 15 is 0 Å². The lowest BCUT2D eigenvalue weighted by Gasteiger charge is -2.34. The van der Waals surface area contributed by atoms with E-state index in [4.69, 9.17) is 10.5 Å². The van der Waals surface area contributed by atoms with Crippen molar-refractivity contribution in [3.8, 4) is 5.75 Å². The third-order valence-electron chi connectivity index (χ3n) is 3.85. The molecule has 6 heteroatoms. The van der Waals surface area contributed by atoms with Crippen molar-refractivity contribution in [2.75, 3.05) is 13.1 Å². The maximum atomic E-state index is 13.7. The van der Waals surface area contributed by atoms with Gasteiger partial charge in [-0.15, -0.1) is 0 Å². The molecule has 1 heterocycles. The van der Waals surface area contributed by atoms with E-state index in [2.05, 4.69) is 0 Å². The number of ether oxygens (including phenoxy) is 1. The second kappa shape index (κ2) is 7.05. The number of nitrogens with two attached hydrogens (primary N) is 1. The van der Waals surface area contributed by atoms with E-state index in [-0.39, 0.29) is 23.6 Å². The van der Waals surface area contributed by atoms with Gasteiger partial charge in [0.05, 0.1) is 0 Å². The molecule has 0 saturated carbocycles. The van der Waals surface area contributed by atoms with Gasteiger partial charge in [-0.2, -0.15) is 0 Å². The van der Waals surface area contributed by atoms with Gasteiger partial charge in [0.15, 0.2) is 17.7 Å². The summed E-state index contributed by atoms with van der Waals surface area (Å²) in [6.07, 6.45) is 0.706. The third-order valence-corrected chi connectivity index (χ3v) is 3.85. The minimum atomic E-state index is -0.806. The molecule has 0 spiro atoms. The highest BCUT2D eigenvalue weighted by Gasteiger charge is 2.31. The van der Waals surface area contributed by atoms with Crippen LogP contribution in [0.2, 0.25) is 0 Å². The Morgan fingerprint density at radius 1 is 1.32 bits per heavy atom. The molecule has 1 saturated heterocycles. The Kier molecular flexibility index (Phi) is 5.34. The van der Waals surface area contributed by atoms with Crippen molar-refractivity contribution >= 4 is 5.91 Å². The molecule has 22 heavy (non-hydrogen) atoms. The molecule has 0 radical (unpaired) electrons. The van der Waals surface area contributed by atoms with Crippen LogP contribution >= 0.6 is 0 Å². The van der Waals surface area contributed by atoms with E-state index in [9.17, 15) is 13.6 Å². The molecule has 122 valence electrons. The van der Waals surface area contributed by atoms with Crippen LogP contribution in [0.15, 0.2) is 18.2 Å². The largest absolute Gasteiger partial charge is 0.477 e. The fourth-order valence-corrected chi connectivity index (χ4v) is 2.48. The number of halogens is 2. The molecule has 1 atom stereocenters. The van der Waals surface area contributed by atoms with Crippen LogP contribution in [0.4, 0.5) is 8.78 Å². The highest BCUT2D eigenvalue weighted by molar-refractivity contribution is 5.81. The van der Waals surface area contributed by atoms with Crippen LogP contribution in [0, 0.1) is 17.6 Å². The van der Waals surface area contributed by atoms with Gasteiger partial charge >= 0.3 is 0 Å². The number of carbonyl (C=O) groups is 1. The Labute approximate surface area is 129 Å². The molecule has 0 bridgehead atoms. The van der Waals surface area contributed by atoms with Crippen LogP contribution in [-0.2, 0) is 4.79 Å². The second-order valence-corrected chi connectivity index (χ2v) is 6.02. The molecule has 1 aliphatic heterocycles. The smallest absolute Gasteiger partial charge is 0.263 e. The highest BCUT2D eigenvalue weighted by atomic mass is 19.1. The van der Waals surface area contributed by atoms with Gasteiger partial charge in [0.25, 0.3) is 5.91 Å². The van der Waals surface area contributed by atoms with Gasteiger partial charge in [0.2, 0.25) is 0 Å². The molecular formula is C16H22F2N2O2. The zero-order chi connectivity index (χ0) is 16.3. The molecule has 2 N–H and O–H groups in total. The lowest BCUT2D eigenvalue weighted by Crippen LogP contribution is -2.49. The van der Waals surface area contributed by atoms with Gasteiger partial charge in [-0.1, -0.05) is 13.8 Å². The molecular weight excluding hydrogens is 290 g/mol. The average Bonchev–Trinajstić information content (AvgIpc) is 2.46. The Morgan fingerprint density at radius 2 is 1.95 bits per heavy atom. The van der Waals surface area contributed by atoms with E-state index in [0.29, 0.717) is 13.1 Å². The first-order valence-corrected chi connectivity index (χ1v) is 7.54. The first-order chi connectivity index (χ1) is 10.4. The van der Waals surface area contributed by atoms with E-state index in [1.807, 2.05) is 13.8 Å². The monoisotopic (exact) mass is 312 g/mol. The predicted octanol–water partition coefficient (Wildman–Crippen LogP) is 2.32. The summed E-state index contributed by atoms with van der Waals surface area (Å²) in [7, 11) is 0. The lowest BCUT2D eigenvalue weighted by atomic mass is 10.0. The fraction of sp³-hybridized carbons (Fsp3) is 0.562. The van der Waals surface area contributed by atoms with Gasteiger partial charge in [-0.05, 0) is 30.9 Å². The Hall–Kier alpha value is -1.69. The normalized spacial score (nSPS) is 17.6. The molecule has 1 amide bonds. The molecule has 1 fully saturated rings. The molecule has 1 aromatic rings. The molecule has 1 aliphatic rings. The van der Waals surface area contributed by atoms with E-state index in [1.54, 1.807) is 4.90 Å². The summed E-state index contributed by atoms with van der Waals surface area (Å²) < 4.78 is 32.2. The summed E-state index contributed by atoms with van der Waals surface area (Å²) in [6.45, 7) is 4.83. The van der Waals surface area contributed by atoms with Crippen LogP contribution in [0.3, 0.4) is 0 Å². The summed E-state index contributed by atoms with van der Waals surface area (Å²) in [5.74, 6) is -1.90. The van der Waals surface area contributed by atoms with Gasteiger partial charge in [0, 0.05) is 25.2 Å². The van der Waals surface area contributed by atoms with E-state index in [0.717, 1.165) is 25.0 Å². The lowest BCUT2D eigenvalue weighted by molar-refractivity contribution is -0.141. The summed E-state index contributed by atoms with van der Waals surface area (Å²) in [6, 6.07) is 3.19. The first kappa shape index (κ1) is 16.7. The number of hydrogen-bond acceptors (Lipinski definition) is 3. The Balaban J connectivity index is 2.10. The van der Waals surface area contributed by atoms with Crippen LogP contribution < -0.4 is 10.5 Å². The van der Waals surface area contributed by atoms with Crippen molar-refractivity contribution in [1.82, 2.24) is 4.90 Å². The van der Waals surface area contributed by atoms with Gasteiger partial charge < -0.3 is 15.4 Å². The van der Waals surface area contributed by atoms with Crippen LogP contribution in [0.25, 0.3) is 0 Å². The molecule has 0 unspecified atom stereocenters. The zero-order valence-corrected chi connectivity index (χ0v) is 12.9. The second-order valence-electron chi connectivity index (χ2n) is 6.02. The van der Waals surface area contributed by atoms with Crippen molar-refractivity contribution in [2.24, 2.45) is 11.7 Å². The number of likely N-dealkylation sites (tertiary alicyclic amines) is 1. The predicted molar refractivity (Wildman–Crippen MR) is 79.4 cm³/mol. The summed E-state index contributed by atoms with van der Waals surface area (Å²) in [4.78, 5) is 14.3. The number of benzene rings is 1. The fourth-order valence-electron chi connectivity index (χ4n) is 2.48. The Bertz CT molecular complexity index is 529. The van der Waals surface area contributed by atoms with Crippen molar-refractivity contribution in [1.29, 1.82) is 0 Å². The minimum Gasteiger partial charge on any atom is -0.477 e. The summed E-state index contributed by atoms with van der Waals surface area (Å²) >= 11 is 0. The summed E-state index contributed by atoms with van der Waals surface area (Å²) in [5, 5.41) is 0. The van der Waals surface area contributed by atoms with Crippen molar-refractivity contribution in [3.63, 3.8) is 0 Å². The van der Waals surface area contributed by atoms with Crippen molar-refractivity contribution < 1.29 is 18.3 Å². The number of piperidine rings is 1. The minimum absolute atomic E-state index is 0.109. The van der Waals surface area contributed by atoms with Gasteiger partial charge in [-0.3, -0.25) is 4.79 Å². The number of hydrogen-bond donors (Lipinski definition) is 1. The summed E-state index contributed by atoms with van der Waals surface area (Å²) in [5.41, 5.74) is 5.84. The highest BCUT2D eigenvalue weighted by Crippen LogP contribution is 2.23. The van der Waals surface area contributed by atoms with Crippen molar-refractivity contribution in [2.45, 2.75) is 38.8 Å². The number of rotatable bonds is 4. The maximum Gasteiger partial charge on any atom is 0.263 e. The average molecular weight is 312 g/mol. The SMILES string of the molecule is CC(C)[C@@H](Oc1ccc(F)cc1F)C(=O)N1CCC(N)CC1. The molecule has 1 aromatic carbocycles.